The summed E-state index contributed by atoms with van der Waals surface area (Å²) in [6.45, 7) is 6.27. The summed E-state index contributed by atoms with van der Waals surface area (Å²) in [6, 6.07) is 14.6. The van der Waals surface area contributed by atoms with Crippen LogP contribution in [0.3, 0.4) is 0 Å². The van der Waals surface area contributed by atoms with Crippen molar-refractivity contribution in [3.8, 4) is 0 Å². The Hall–Kier alpha value is -2.90. The predicted molar refractivity (Wildman–Crippen MR) is 117 cm³/mol. The van der Waals surface area contributed by atoms with Crippen molar-refractivity contribution in [2.24, 2.45) is 0 Å². The summed E-state index contributed by atoms with van der Waals surface area (Å²) in [7, 11) is 0. The molecule has 30 heavy (non-hydrogen) atoms. The number of aromatic nitrogens is 5. The molecular formula is C22H23ClN6O. The Morgan fingerprint density at radius 1 is 1.07 bits per heavy atom. The third-order valence-electron chi connectivity index (χ3n) is 5.71. The number of rotatable bonds is 2. The highest BCUT2D eigenvalue weighted by Gasteiger charge is 2.44. The Kier molecular flexibility index (Phi) is 4.34. The number of aliphatic hydroxyl groups excluding tert-OH is 1. The predicted octanol–water partition coefficient (Wildman–Crippen LogP) is 4.55. The van der Waals surface area contributed by atoms with Gasteiger partial charge in [0, 0.05) is 21.7 Å². The van der Waals surface area contributed by atoms with Gasteiger partial charge in [0.05, 0.1) is 11.6 Å². The minimum absolute atomic E-state index is 0.213. The van der Waals surface area contributed by atoms with Crippen LogP contribution in [0.2, 0.25) is 5.02 Å². The second kappa shape index (κ2) is 6.82. The number of hydrogen-bond donors (Lipinski definition) is 3. The molecule has 0 unspecified atom stereocenters. The summed E-state index contributed by atoms with van der Waals surface area (Å²) in [4.78, 5) is 0. The van der Waals surface area contributed by atoms with Crippen LogP contribution in [-0.2, 0) is 5.41 Å². The van der Waals surface area contributed by atoms with Crippen molar-refractivity contribution in [2.45, 2.75) is 44.4 Å². The Bertz CT molecular complexity index is 1220. The van der Waals surface area contributed by atoms with Crippen LogP contribution in [0.4, 0.5) is 5.82 Å². The fraction of sp³-hybridized carbons (Fsp3) is 0.318. The quantitative estimate of drug-likeness (QED) is 0.441. The number of nitrogens with zero attached hydrogens (tertiary/aromatic N) is 4. The van der Waals surface area contributed by atoms with E-state index in [1.165, 1.54) is 0 Å². The fourth-order valence-corrected chi connectivity index (χ4v) is 4.53. The molecule has 2 aromatic carbocycles. The first kappa shape index (κ1) is 19.1. The molecule has 0 saturated carbocycles. The zero-order valence-corrected chi connectivity index (χ0v) is 17.7. The van der Waals surface area contributed by atoms with Crippen molar-refractivity contribution in [3.63, 3.8) is 0 Å². The number of halogens is 1. The molecule has 4 aromatic rings. The van der Waals surface area contributed by atoms with Crippen molar-refractivity contribution in [3.05, 3.63) is 70.4 Å². The lowest BCUT2D eigenvalue weighted by atomic mass is 9.82. The van der Waals surface area contributed by atoms with E-state index < -0.39 is 12.1 Å². The molecule has 7 nitrogen and oxygen atoms in total. The lowest BCUT2D eigenvalue weighted by Crippen LogP contribution is -2.35. The molecule has 0 radical (unpaired) electrons. The molecule has 0 spiro atoms. The highest BCUT2D eigenvalue weighted by atomic mass is 35.5. The maximum atomic E-state index is 11.7. The van der Waals surface area contributed by atoms with Gasteiger partial charge in [-0.25, -0.2) is 4.68 Å². The van der Waals surface area contributed by atoms with Crippen LogP contribution in [0, 0.1) is 0 Å². The summed E-state index contributed by atoms with van der Waals surface area (Å²) >= 11 is 6.56. The topological polar surface area (TPSA) is 91.6 Å². The van der Waals surface area contributed by atoms with Crippen LogP contribution in [0.15, 0.2) is 48.5 Å². The lowest BCUT2D eigenvalue weighted by Gasteiger charge is -2.38. The molecular weight excluding hydrogens is 400 g/mol. The molecule has 1 aliphatic heterocycles. The third kappa shape index (κ3) is 2.88. The smallest absolute Gasteiger partial charge is 0.154 e. The van der Waals surface area contributed by atoms with Crippen molar-refractivity contribution in [2.75, 3.05) is 5.32 Å². The molecule has 3 N–H and O–H groups in total. The number of fused-ring (bicyclic) bond motifs is 2. The van der Waals surface area contributed by atoms with Gasteiger partial charge >= 0.3 is 0 Å². The number of para-hydroxylation sites is 1. The van der Waals surface area contributed by atoms with Gasteiger partial charge in [-0.3, -0.25) is 5.10 Å². The highest BCUT2D eigenvalue weighted by Crippen LogP contribution is 2.49. The fourth-order valence-electron chi connectivity index (χ4n) is 4.28. The first-order valence-corrected chi connectivity index (χ1v) is 10.3. The van der Waals surface area contributed by atoms with Crippen LogP contribution in [0.5, 0.6) is 0 Å². The standard InChI is InChI=1S/C22H23ClN6O/c1-22(2,3)20-16-19(30)18(29-15-11-7-6-10-14(15)25-28-29)17(24-21(16)27-26-20)12-8-4-5-9-13(12)23/h4-11,17-19,30H,1-3H3,(H2,24,26,27)/t17-,18-,19-/m1/s1. The highest BCUT2D eigenvalue weighted by molar-refractivity contribution is 6.31. The molecule has 0 amide bonds. The van der Waals surface area contributed by atoms with E-state index in [0.717, 1.165) is 27.9 Å². The van der Waals surface area contributed by atoms with E-state index in [0.29, 0.717) is 10.8 Å². The normalized spacial score (nSPS) is 21.4. The molecule has 5 rings (SSSR count). The number of aliphatic hydroxyl groups is 1. The first-order valence-electron chi connectivity index (χ1n) is 9.94. The number of anilines is 1. The maximum absolute atomic E-state index is 11.7. The number of aromatic amines is 1. The molecule has 0 aliphatic carbocycles. The van der Waals surface area contributed by atoms with Crippen molar-refractivity contribution < 1.29 is 5.11 Å². The number of hydrogen-bond acceptors (Lipinski definition) is 5. The van der Waals surface area contributed by atoms with Gasteiger partial charge in [-0.2, -0.15) is 5.10 Å². The van der Waals surface area contributed by atoms with Gasteiger partial charge in [0.15, 0.2) is 5.82 Å². The van der Waals surface area contributed by atoms with E-state index in [4.69, 9.17) is 11.6 Å². The molecule has 0 bridgehead atoms. The van der Waals surface area contributed by atoms with Gasteiger partial charge < -0.3 is 10.4 Å². The minimum Gasteiger partial charge on any atom is -0.386 e. The summed E-state index contributed by atoms with van der Waals surface area (Å²) in [5.41, 5.74) is 3.94. The summed E-state index contributed by atoms with van der Waals surface area (Å²) in [5.74, 6) is 0.637. The Morgan fingerprint density at radius 2 is 1.80 bits per heavy atom. The maximum Gasteiger partial charge on any atom is 0.154 e. The van der Waals surface area contributed by atoms with E-state index >= 15 is 0 Å². The van der Waals surface area contributed by atoms with E-state index in [1.807, 2.05) is 48.5 Å². The molecule has 0 saturated heterocycles. The molecule has 2 aromatic heterocycles. The number of nitrogens with one attached hydrogen (secondary N) is 2. The van der Waals surface area contributed by atoms with Crippen LogP contribution >= 0.6 is 11.6 Å². The van der Waals surface area contributed by atoms with Crippen LogP contribution < -0.4 is 5.32 Å². The number of H-pyrrole nitrogens is 1. The molecule has 154 valence electrons. The van der Waals surface area contributed by atoms with E-state index in [2.05, 4.69) is 46.6 Å². The molecule has 0 fully saturated rings. The second-order valence-corrected chi connectivity index (χ2v) is 9.12. The van der Waals surface area contributed by atoms with Gasteiger partial charge in [-0.05, 0) is 23.8 Å². The zero-order valence-electron chi connectivity index (χ0n) is 17.0. The Morgan fingerprint density at radius 3 is 2.57 bits per heavy atom. The molecule has 8 heteroatoms. The van der Waals surface area contributed by atoms with Gasteiger partial charge in [-0.1, -0.05) is 67.9 Å². The summed E-state index contributed by atoms with van der Waals surface area (Å²) in [5, 5.41) is 32.1. The Labute approximate surface area is 179 Å². The second-order valence-electron chi connectivity index (χ2n) is 8.71. The average Bonchev–Trinajstić information content (AvgIpc) is 3.33. The average molecular weight is 423 g/mol. The van der Waals surface area contributed by atoms with Crippen LogP contribution in [-0.4, -0.2) is 30.3 Å². The monoisotopic (exact) mass is 422 g/mol. The van der Waals surface area contributed by atoms with Gasteiger partial charge in [-0.15, -0.1) is 5.10 Å². The zero-order chi connectivity index (χ0) is 21.0. The number of benzene rings is 2. The summed E-state index contributed by atoms with van der Waals surface area (Å²) in [6.07, 6.45) is -0.861. The van der Waals surface area contributed by atoms with Crippen molar-refractivity contribution >= 4 is 28.5 Å². The molecule has 3 heterocycles. The van der Waals surface area contributed by atoms with Gasteiger partial charge in [0.1, 0.15) is 17.7 Å². The van der Waals surface area contributed by atoms with Gasteiger partial charge in [0.2, 0.25) is 0 Å². The minimum atomic E-state index is -0.861. The molecule has 3 atom stereocenters. The Balaban J connectivity index is 1.74. The lowest BCUT2D eigenvalue weighted by molar-refractivity contribution is 0.0890. The summed E-state index contributed by atoms with van der Waals surface area (Å²) < 4.78 is 1.80. The van der Waals surface area contributed by atoms with E-state index in [9.17, 15) is 5.11 Å². The van der Waals surface area contributed by atoms with Crippen molar-refractivity contribution in [1.29, 1.82) is 0 Å². The van der Waals surface area contributed by atoms with Crippen LogP contribution in [0.25, 0.3) is 11.0 Å². The SMILES string of the molecule is CC(C)(C)c1[nH]nc2c1[C@@H](O)[C@H](n1nnc3ccccc31)[C@@H](c1ccccc1Cl)N2. The largest absolute Gasteiger partial charge is 0.386 e. The van der Waals surface area contributed by atoms with Crippen molar-refractivity contribution in [1.82, 2.24) is 25.2 Å². The van der Waals surface area contributed by atoms with Gasteiger partial charge in [0.25, 0.3) is 0 Å². The van der Waals surface area contributed by atoms with E-state index in [-0.39, 0.29) is 11.5 Å². The molecule has 1 aliphatic rings. The van der Waals surface area contributed by atoms with E-state index in [1.54, 1.807) is 4.68 Å². The first-order chi connectivity index (χ1) is 14.4. The van der Waals surface area contributed by atoms with Crippen LogP contribution in [0.1, 0.15) is 55.8 Å². The third-order valence-corrected chi connectivity index (χ3v) is 6.05.